The van der Waals surface area contributed by atoms with E-state index in [4.69, 9.17) is 0 Å². The molecule has 30 heavy (non-hydrogen) atoms. The molecule has 4 nitrogen and oxygen atoms in total. The van der Waals surface area contributed by atoms with Crippen LogP contribution >= 0.6 is 11.8 Å². The maximum Gasteiger partial charge on any atom is 0.258 e. The third kappa shape index (κ3) is 6.46. The van der Waals surface area contributed by atoms with Gasteiger partial charge in [-0.25, -0.2) is 4.39 Å². The Morgan fingerprint density at radius 3 is 2.17 bits per heavy atom. The molecule has 0 aromatic heterocycles. The summed E-state index contributed by atoms with van der Waals surface area (Å²) in [6, 6.07) is 24.6. The van der Waals surface area contributed by atoms with Crippen molar-refractivity contribution in [3.63, 3.8) is 0 Å². The number of rotatable bonds is 9. The summed E-state index contributed by atoms with van der Waals surface area (Å²) in [5.41, 5.74) is 1.18. The predicted molar refractivity (Wildman–Crippen MR) is 119 cm³/mol. The highest BCUT2D eigenvalue weighted by Crippen LogP contribution is 2.19. The zero-order valence-electron chi connectivity index (χ0n) is 16.5. The van der Waals surface area contributed by atoms with Crippen molar-refractivity contribution in [1.29, 1.82) is 0 Å². The Kier molecular flexibility index (Phi) is 8.03. The molecular weight excluding hydrogens is 399 g/mol. The first kappa shape index (κ1) is 21.6. The largest absolute Gasteiger partial charge is 0.355 e. The van der Waals surface area contributed by atoms with E-state index in [0.29, 0.717) is 36.5 Å². The molecule has 0 fully saturated rings. The van der Waals surface area contributed by atoms with E-state index in [1.54, 1.807) is 41.3 Å². The van der Waals surface area contributed by atoms with Crippen molar-refractivity contribution >= 4 is 29.3 Å². The first-order valence-electron chi connectivity index (χ1n) is 9.70. The van der Waals surface area contributed by atoms with Crippen molar-refractivity contribution in [3.8, 4) is 0 Å². The Morgan fingerprint density at radius 2 is 1.50 bits per heavy atom. The summed E-state index contributed by atoms with van der Waals surface area (Å²) in [6.07, 6.45) is 0.581. The van der Waals surface area contributed by atoms with Crippen LogP contribution in [0.3, 0.4) is 0 Å². The molecule has 3 aromatic carbocycles. The van der Waals surface area contributed by atoms with Gasteiger partial charge in [-0.3, -0.25) is 9.59 Å². The summed E-state index contributed by atoms with van der Waals surface area (Å²) in [5, 5.41) is 2.89. The molecule has 2 amide bonds. The molecule has 0 radical (unpaired) electrons. The molecule has 0 aliphatic heterocycles. The minimum Gasteiger partial charge on any atom is -0.355 e. The topological polar surface area (TPSA) is 49.4 Å². The van der Waals surface area contributed by atoms with Gasteiger partial charge in [0.15, 0.2) is 0 Å². The van der Waals surface area contributed by atoms with Gasteiger partial charge in [0.05, 0.1) is 5.75 Å². The highest BCUT2D eigenvalue weighted by atomic mass is 32.2. The number of thioether (sulfide) groups is 1. The molecular formula is C24H23FN2O2S. The van der Waals surface area contributed by atoms with Gasteiger partial charge in [0.2, 0.25) is 5.91 Å². The molecule has 0 aliphatic rings. The number of halogens is 1. The van der Waals surface area contributed by atoms with Crippen LogP contribution in [0.1, 0.15) is 16.8 Å². The summed E-state index contributed by atoms with van der Waals surface area (Å²) in [4.78, 5) is 27.7. The Hall–Kier alpha value is -3.12. The van der Waals surface area contributed by atoms with Crippen LogP contribution in [0.15, 0.2) is 89.8 Å². The molecule has 0 bridgehead atoms. The molecule has 1 N–H and O–H groups in total. The maximum absolute atomic E-state index is 13.3. The first-order chi connectivity index (χ1) is 14.6. The van der Waals surface area contributed by atoms with Crippen molar-refractivity contribution in [3.05, 3.63) is 96.3 Å². The number of nitrogens with one attached hydrogen (secondary N) is 1. The maximum atomic E-state index is 13.3. The van der Waals surface area contributed by atoms with Crippen LogP contribution < -0.4 is 10.2 Å². The van der Waals surface area contributed by atoms with Gasteiger partial charge in [-0.2, -0.15) is 0 Å². The van der Waals surface area contributed by atoms with Gasteiger partial charge in [-0.05, 0) is 55.0 Å². The van der Waals surface area contributed by atoms with Crippen molar-refractivity contribution in [2.45, 2.75) is 11.3 Å². The summed E-state index contributed by atoms with van der Waals surface area (Å²) < 4.78 is 13.3. The molecule has 0 saturated heterocycles. The number of hydrogen-bond acceptors (Lipinski definition) is 3. The number of anilines is 1. The second-order valence-corrected chi connectivity index (χ2v) is 7.65. The fraction of sp³-hybridized carbons (Fsp3) is 0.167. The lowest BCUT2D eigenvalue weighted by molar-refractivity contribution is -0.118. The lowest BCUT2D eigenvalue weighted by Crippen LogP contribution is -2.34. The third-order valence-electron chi connectivity index (χ3n) is 4.40. The van der Waals surface area contributed by atoms with Crippen LogP contribution in [-0.2, 0) is 4.79 Å². The number of nitrogens with zero attached hydrogens (tertiary/aromatic N) is 1. The zero-order valence-corrected chi connectivity index (χ0v) is 17.3. The average Bonchev–Trinajstić information content (AvgIpc) is 2.79. The number of hydrogen-bond donors (Lipinski definition) is 1. The van der Waals surface area contributed by atoms with Crippen molar-refractivity contribution in [2.24, 2.45) is 0 Å². The number of carbonyl (C=O) groups is 2. The second-order valence-electron chi connectivity index (χ2n) is 6.60. The number of carbonyl (C=O) groups excluding carboxylic acids is 2. The van der Waals surface area contributed by atoms with Gasteiger partial charge in [-0.1, -0.05) is 36.4 Å². The van der Waals surface area contributed by atoms with E-state index in [2.05, 4.69) is 5.32 Å². The normalized spacial score (nSPS) is 10.4. The zero-order chi connectivity index (χ0) is 21.2. The summed E-state index contributed by atoms with van der Waals surface area (Å²) in [5.74, 6) is -0.219. The molecule has 0 heterocycles. The Morgan fingerprint density at radius 1 is 0.867 bits per heavy atom. The minimum atomic E-state index is -0.353. The van der Waals surface area contributed by atoms with Crippen LogP contribution in [0.25, 0.3) is 0 Å². The average molecular weight is 423 g/mol. The van der Waals surface area contributed by atoms with Crippen LogP contribution in [0.5, 0.6) is 0 Å². The van der Waals surface area contributed by atoms with E-state index in [9.17, 15) is 14.0 Å². The van der Waals surface area contributed by atoms with Crippen molar-refractivity contribution < 1.29 is 14.0 Å². The lowest BCUT2D eigenvalue weighted by Gasteiger charge is -2.23. The standard InChI is InChI=1S/C24H23FN2O2S/c25-20-12-14-21(15-13-20)27(24(29)19-8-3-1-4-9-19)17-7-16-26-23(28)18-30-22-10-5-2-6-11-22/h1-6,8-15H,7,16-18H2,(H,26,28). The SMILES string of the molecule is O=C(CSc1ccccc1)NCCCN(C(=O)c1ccccc1)c1ccc(F)cc1. The van der Waals surface area contributed by atoms with Crippen molar-refractivity contribution in [1.82, 2.24) is 5.32 Å². The van der Waals surface area contributed by atoms with Gasteiger partial charge in [0.1, 0.15) is 5.82 Å². The Balaban J connectivity index is 1.54. The molecule has 0 spiro atoms. The number of amides is 2. The van der Waals surface area contributed by atoms with Gasteiger partial charge in [0.25, 0.3) is 5.91 Å². The molecule has 0 atom stereocenters. The van der Waals surface area contributed by atoms with E-state index >= 15 is 0 Å². The monoisotopic (exact) mass is 422 g/mol. The number of benzene rings is 3. The lowest BCUT2D eigenvalue weighted by atomic mass is 10.1. The predicted octanol–water partition coefficient (Wildman–Crippen LogP) is 4.77. The third-order valence-corrected chi connectivity index (χ3v) is 5.41. The van der Waals surface area contributed by atoms with Crippen LogP contribution in [0.4, 0.5) is 10.1 Å². The van der Waals surface area contributed by atoms with Crippen LogP contribution in [-0.4, -0.2) is 30.7 Å². The fourth-order valence-corrected chi connectivity index (χ4v) is 3.64. The quantitative estimate of drug-likeness (QED) is 0.399. The Bertz CT molecular complexity index is 950. The second kappa shape index (κ2) is 11.2. The van der Waals surface area contributed by atoms with Gasteiger partial charge in [-0.15, -0.1) is 11.8 Å². The smallest absolute Gasteiger partial charge is 0.258 e. The molecule has 154 valence electrons. The molecule has 0 unspecified atom stereocenters. The van der Waals surface area contributed by atoms with Crippen LogP contribution in [0.2, 0.25) is 0 Å². The summed E-state index contributed by atoms with van der Waals surface area (Å²) in [7, 11) is 0. The molecule has 3 aromatic rings. The highest BCUT2D eigenvalue weighted by Gasteiger charge is 2.17. The summed E-state index contributed by atoms with van der Waals surface area (Å²) >= 11 is 1.48. The van der Waals surface area contributed by atoms with E-state index < -0.39 is 0 Å². The molecule has 3 rings (SSSR count). The van der Waals surface area contributed by atoms with E-state index in [1.165, 1.54) is 23.9 Å². The van der Waals surface area contributed by atoms with Gasteiger partial charge < -0.3 is 10.2 Å². The highest BCUT2D eigenvalue weighted by molar-refractivity contribution is 8.00. The Labute approximate surface area is 180 Å². The van der Waals surface area contributed by atoms with E-state index in [1.807, 2.05) is 36.4 Å². The fourth-order valence-electron chi connectivity index (χ4n) is 2.89. The first-order valence-corrected chi connectivity index (χ1v) is 10.7. The van der Waals surface area contributed by atoms with E-state index in [0.717, 1.165) is 4.90 Å². The molecule has 0 aliphatic carbocycles. The summed E-state index contributed by atoms with van der Waals surface area (Å²) in [6.45, 7) is 0.861. The van der Waals surface area contributed by atoms with Gasteiger partial charge in [0, 0.05) is 29.2 Å². The van der Waals surface area contributed by atoms with Crippen LogP contribution in [0, 0.1) is 5.82 Å². The molecule has 0 saturated carbocycles. The van der Waals surface area contributed by atoms with E-state index in [-0.39, 0.29) is 17.6 Å². The van der Waals surface area contributed by atoms with Crippen molar-refractivity contribution in [2.75, 3.05) is 23.7 Å². The molecule has 6 heteroatoms. The minimum absolute atomic E-state index is 0.0495. The van der Waals surface area contributed by atoms with Gasteiger partial charge >= 0.3 is 0 Å².